The van der Waals surface area contributed by atoms with Crippen LogP contribution >= 0.6 is 23.1 Å². The quantitative estimate of drug-likeness (QED) is 0.558. The highest BCUT2D eigenvalue weighted by Gasteiger charge is 2.19. The van der Waals surface area contributed by atoms with Crippen LogP contribution < -0.4 is 5.32 Å². The van der Waals surface area contributed by atoms with Crippen molar-refractivity contribution < 1.29 is 14.3 Å². The summed E-state index contributed by atoms with van der Waals surface area (Å²) >= 11 is 2.33. The average Bonchev–Trinajstić information content (AvgIpc) is 3.11. The van der Waals surface area contributed by atoms with E-state index >= 15 is 0 Å². The van der Waals surface area contributed by atoms with Crippen LogP contribution in [-0.2, 0) is 9.53 Å². The van der Waals surface area contributed by atoms with Gasteiger partial charge in [-0.1, -0.05) is 36.9 Å². The summed E-state index contributed by atoms with van der Waals surface area (Å²) in [6.45, 7) is 9.28. The lowest BCUT2D eigenvalue weighted by Crippen LogP contribution is -2.13. The number of nitrogens with one attached hydrogen (secondary N) is 2. The van der Waals surface area contributed by atoms with Gasteiger partial charge in [-0.25, -0.2) is 14.8 Å². The Morgan fingerprint density at radius 2 is 2.00 bits per heavy atom. The predicted octanol–water partition coefficient (Wildman–Crippen LogP) is 2.99. The number of H-pyrrole nitrogens is 1. The molecular weight excluding hydrogens is 362 g/mol. The smallest absolute Gasteiger partial charge is 0.350 e. The van der Waals surface area contributed by atoms with Crippen molar-refractivity contribution in [3.63, 3.8) is 0 Å². The molecule has 0 aliphatic rings. The predicted molar refractivity (Wildman–Crippen MR) is 97.2 cm³/mol. The van der Waals surface area contributed by atoms with Crippen molar-refractivity contribution in [2.45, 2.75) is 51.8 Å². The van der Waals surface area contributed by atoms with Crippen LogP contribution in [0.1, 0.15) is 54.8 Å². The number of aromatic amines is 1. The number of anilines is 1. The summed E-state index contributed by atoms with van der Waals surface area (Å²) in [5, 5.41) is 10.5. The van der Waals surface area contributed by atoms with E-state index in [4.69, 9.17) is 4.74 Å². The molecular formula is C15H21N5O3S2. The number of thioether (sulfide) groups is 1. The van der Waals surface area contributed by atoms with Gasteiger partial charge in [-0.15, -0.1) is 5.10 Å². The van der Waals surface area contributed by atoms with E-state index in [0.29, 0.717) is 20.9 Å². The van der Waals surface area contributed by atoms with E-state index in [-0.39, 0.29) is 23.7 Å². The minimum Gasteiger partial charge on any atom is -0.459 e. The molecule has 25 heavy (non-hydrogen) atoms. The molecule has 10 heteroatoms. The van der Waals surface area contributed by atoms with E-state index in [1.54, 1.807) is 20.8 Å². The van der Waals surface area contributed by atoms with Crippen molar-refractivity contribution in [2.75, 3.05) is 11.1 Å². The van der Waals surface area contributed by atoms with E-state index in [2.05, 4.69) is 25.5 Å². The van der Waals surface area contributed by atoms with Crippen molar-refractivity contribution in [2.24, 2.45) is 0 Å². The van der Waals surface area contributed by atoms with Gasteiger partial charge in [0.05, 0.1) is 17.6 Å². The van der Waals surface area contributed by atoms with Crippen LogP contribution in [0, 0.1) is 6.92 Å². The lowest BCUT2D eigenvalue weighted by molar-refractivity contribution is -0.113. The molecule has 0 unspecified atom stereocenters. The lowest BCUT2D eigenvalue weighted by Gasteiger charge is -2.05. The molecule has 0 aliphatic heterocycles. The van der Waals surface area contributed by atoms with Gasteiger partial charge >= 0.3 is 5.97 Å². The van der Waals surface area contributed by atoms with E-state index in [9.17, 15) is 9.59 Å². The molecule has 0 fully saturated rings. The molecule has 8 nitrogen and oxygen atoms in total. The number of nitrogens with zero attached hydrogens (tertiary/aromatic N) is 3. The number of carbonyl (C=O) groups is 2. The van der Waals surface area contributed by atoms with Crippen LogP contribution in [0.25, 0.3) is 0 Å². The van der Waals surface area contributed by atoms with Crippen molar-refractivity contribution in [3.05, 3.63) is 16.4 Å². The first kappa shape index (κ1) is 19.4. The van der Waals surface area contributed by atoms with Crippen LogP contribution in [0.15, 0.2) is 5.16 Å². The maximum Gasteiger partial charge on any atom is 0.350 e. The van der Waals surface area contributed by atoms with E-state index < -0.39 is 5.97 Å². The summed E-state index contributed by atoms with van der Waals surface area (Å²) < 4.78 is 5.16. The maximum atomic E-state index is 12.0. The molecule has 2 rings (SSSR count). The number of carbonyl (C=O) groups excluding carboxylic acids is 2. The van der Waals surface area contributed by atoms with Gasteiger partial charge in [0.25, 0.3) is 0 Å². The number of thiazole rings is 1. The highest BCUT2D eigenvalue weighted by molar-refractivity contribution is 7.99. The highest BCUT2D eigenvalue weighted by Crippen LogP contribution is 2.24. The molecule has 2 heterocycles. The second-order valence-electron chi connectivity index (χ2n) is 5.88. The SMILES string of the molecule is Cc1nc(NC(=O)CSc2n[nH]c(C(C)C)n2)sc1C(=O)OC(C)C. The normalized spacial score (nSPS) is 11.2. The van der Waals surface area contributed by atoms with Gasteiger partial charge in [-0.3, -0.25) is 9.89 Å². The van der Waals surface area contributed by atoms with Crippen molar-refractivity contribution in [3.8, 4) is 0 Å². The van der Waals surface area contributed by atoms with E-state index in [1.807, 2.05) is 13.8 Å². The molecule has 0 bridgehead atoms. The van der Waals surface area contributed by atoms with Gasteiger partial charge in [0, 0.05) is 5.92 Å². The fourth-order valence-electron chi connectivity index (χ4n) is 1.77. The molecule has 2 aromatic rings. The first-order chi connectivity index (χ1) is 11.8. The zero-order valence-electron chi connectivity index (χ0n) is 14.7. The number of rotatable bonds is 7. The Bertz CT molecular complexity index is 754. The first-order valence-electron chi connectivity index (χ1n) is 7.79. The largest absolute Gasteiger partial charge is 0.459 e. The van der Waals surface area contributed by atoms with Gasteiger partial charge in [0.2, 0.25) is 11.1 Å². The second kappa shape index (κ2) is 8.43. The van der Waals surface area contributed by atoms with E-state index in [0.717, 1.165) is 17.2 Å². The number of aromatic nitrogens is 4. The van der Waals surface area contributed by atoms with Gasteiger partial charge in [0.15, 0.2) is 5.13 Å². The van der Waals surface area contributed by atoms with Gasteiger partial charge < -0.3 is 10.1 Å². The highest BCUT2D eigenvalue weighted by atomic mass is 32.2. The molecule has 0 saturated heterocycles. The lowest BCUT2D eigenvalue weighted by atomic mass is 10.2. The number of esters is 1. The minimum absolute atomic E-state index is 0.153. The Balaban J connectivity index is 1.91. The summed E-state index contributed by atoms with van der Waals surface area (Å²) in [5.41, 5.74) is 0.536. The number of hydrogen-bond acceptors (Lipinski definition) is 8. The zero-order chi connectivity index (χ0) is 18.6. The number of hydrogen-bond donors (Lipinski definition) is 2. The third kappa shape index (κ3) is 5.53. The Morgan fingerprint density at radius 1 is 1.28 bits per heavy atom. The fourth-order valence-corrected chi connectivity index (χ4v) is 3.24. The molecule has 0 aliphatic carbocycles. The standard InChI is InChI=1S/C15H21N5O3S2/c1-7(2)12-18-15(20-19-12)24-6-10(21)17-14-16-9(5)11(25-14)13(22)23-8(3)4/h7-8H,6H2,1-5H3,(H,16,17,21)(H,18,19,20). The molecule has 0 radical (unpaired) electrons. The van der Waals surface area contributed by atoms with Crippen LogP contribution in [-0.4, -0.2) is 43.9 Å². The molecule has 0 atom stereocenters. The van der Waals surface area contributed by atoms with E-state index in [1.165, 1.54) is 11.8 Å². The number of ether oxygens (including phenoxy) is 1. The minimum atomic E-state index is -0.429. The Morgan fingerprint density at radius 3 is 2.60 bits per heavy atom. The molecule has 1 amide bonds. The van der Waals surface area contributed by atoms with Crippen LogP contribution in [0.5, 0.6) is 0 Å². The monoisotopic (exact) mass is 383 g/mol. The first-order valence-corrected chi connectivity index (χ1v) is 9.59. The average molecular weight is 383 g/mol. The summed E-state index contributed by atoms with van der Waals surface area (Å²) in [6.07, 6.45) is -0.208. The molecule has 0 spiro atoms. The van der Waals surface area contributed by atoms with Crippen molar-refractivity contribution >= 4 is 40.1 Å². The summed E-state index contributed by atoms with van der Waals surface area (Å²) in [7, 11) is 0. The topological polar surface area (TPSA) is 110 Å². The van der Waals surface area contributed by atoms with Crippen LogP contribution in [0.3, 0.4) is 0 Å². The summed E-state index contributed by atoms with van der Waals surface area (Å²) in [4.78, 5) is 32.9. The molecule has 0 saturated carbocycles. The number of amides is 1. The number of aryl methyl sites for hydroxylation is 1. The fraction of sp³-hybridized carbons (Fsp3) is 0.533. The van der Waals surface area contributed by atoms with Gasteiger partial charge in [-0.05, 0) is 20.8 Å². The van der Waals surface area contributed by atoms with Crippen LogP contribution in [0.2, 0.25) is 0 Å². The Kier molecular flexibility index (Phi) is 6.54. The van der Waals surface area contributed by atoms with Crippen molar-refractivity contribution in [1.82, 2.24) is 20.2 Å². The van der Waals surface area contributed by atoms with Gasteiger partial charge in [0.1, 0.15) is 10.7 Å². The molecule has 2 N–H and O–H groups in total. The third-order valence-electron chi connectivity index (χ3n) is 2.93. The zero-order valence-corrected chi connectivity index (χ0v) is 16.4. The van der Waals surface area contributed by atoms with Gasteiger partial charge in [-0.2, -0.15) is 0 Å². The van der Waals surface area contributed by atoms with Crippen LogP contribution in [0.4, 0.5) is 5.13 Å². The summed E-state index contributed by atoms with van der Waals surface area (Å²) in [6, 6.07) is 0. The Hall–Kier alpha value is -1.94. The third-order valence-corrected chi connectivity index (χ3v) is 4.83. The molecule has 2 aromatic heterocycles. The Labute approximate surface area is 154 Å². The molecule has 0 aromatic carbocycles. The molecule has 136 valence electrons. The maximum absolute atomic E-state index is 12.0. The summed E-state index contributed by atoms with van der Waals surface area (Å²) in [5.74, 6) is 0.518. The van der Waals surface area contributed by atoms with Crippen molar-refractivity contribution in [1.29, 1.82) is 0 Å². The second-order valence-corrected chi connectivity index (χ2v) is 7.82.